The first kappa shape index (κ1) is 9.80. The van der Waals surface area contributed by atoms with Gasteiger partial charge >= 0.3 is 0 Å². The maximum Gasteiger partial charge on any atom is 0.150 e. The van der Waals surface area contributed by atoms with Gasteiger partial charge in [0.1, 0.15) is 17.2 Å². The molecule has 0 aromatic heterocycles. The zero-order valence-corrected chi connectivity index (χ0v) is 8.05. The number of phenols is 1. The number of rotatable bonds is 3. The second-order valence-electron chi connectivity index (χ2n) is 2.32. The van der Waals surface area contributed by atoms with Crippen molar-refractivity contribution < 1.29 is 14.6 Å². The molecule has 0 atom stereocenters. The molecule has 0 fully saturated rings. The number of methoxy groups -OCH3 is 2. The van der Waals surface area contributed by atoms with Crippen molar-refractivity contribution in [1.82, 2.24) is 0 Å². The van der Waals surface area contributed by atoms with Crippen molar-refractivity contribution in [1.29, 1.82) is 0 Å². The van der Waals surface area contributed by atoms with Crippen LogP contribution in [0, 0.1) is 0 Å². The molecule has 0 spiro atoms. The van der Waals surface area contributed by atoms with Crippen molar-refractivity contribution >= 4 is 17.5 Å². The van der Waals surface area contributed by atoms with Gasteiger partial charge < -0.3 is 14.6 Å². The van der Waals surface area contributed by atoms with Crippen molar-refractivity contribution in [2.45, 2.75) is 0 Å². The highest BCUT2D eigenvalue weighted by molar-refractivity contribution is 6.24. The van der Waals surface area contributed by atoms with E-state index in [9.17, 15) is 5.11 Å². The summed E-state index contributed by atoms with van der Waals surface area (Å²) in [6.07, 6.45) is 0. The third-order valence-electron chi connectivity index (χ3n) is 1.60. The molecule has 2 N–H and O–H groups in total. The minimum atomic E-state index is -0.0220. The number of hydrogen-bond donors (Lipinski definition) is 2. The van der Waals surface area contributed by atoms with E-state index in [-0.39, 0.29) is 5.75 Å². The fraction of sp³-hybridized carbons (Fsp3) is 0.250. The molecule has 72 valence electrons. The average Bonchev–Trinajstić information content (AvgIpc) is 2.16. The Bertz CT molecular complexity index is 304. The first-order valence-corrected chi connectivity index (χ1v) is 3.92. The number of aromatic hydroxyl groups is 1. The normalized spacial score (nSPS) is 9.46. The van der Waals surface area contributed by atoms with Gasteiger partial charge in [0.15, 0.2) is 5.75 Å². The van der Waals surface area contributed by atoms with E-state index in [0.717, 1.165) is 0 Å². The molecule has 0 aliphatic carbocycles. The summed E-state index contributed by atoms with van der Waals surface area (Å²) < 4.78 is 9.90. The fourth-order valence-electron chi connectivity index (χ4n) is 0.950. The van der Waals surface area contributed by atoms with Crippen LogP contribution in [0.4, 0.5) is 5.69 Å². The van der Waals surface area contributed by atoms with Crippen LogP contribution >= 0.6 is 11.8 Å². The summed E-state index contributed by atoms with van der Waals surface area (Å²) in [4.78, 5) is 2.31. The van der Waals surface area contributed by atoms with Gasteiger partial charge in [-0.05, 0) is 0 Å². The summed E-state index contributed by atoms with van der Waals surface area (Å²) in [5.74, 6) is 0.906. The average molecular weight is 204 g/mol. The molecule has 0 amide bonds. The second kappa shape index (κ2) is 4.09. The van der Waals surface area contributed by atoms with Gasteiger partial charge in [-0.25, -0.2) is 0 Å². The minimum Gasteiger partial charge on any atom is -0.505 e. The molecule has 0 radical (unpaired) electrons. The van der Waals surface area contributed by atoms with E-state index >= 15 is 0 Å². The number of hydrogen-bond acceptors (Lipinski definition) is 4. The quantitative estimate of drug-likeness (QED) is 0.583. The lowest BCUT2D eigenvalue weighted by Gasteiger charge is -2.10. The Morgan fingerprint density at radius 2 is 2.00 bits per heavy atom. The number of anilines is 1. The molecule has 0 heterocycles. The molecule has 0 aliphatic heterocycles. The standard InChI is InChI=1S/C8H10ClNO3/c1-12-5-3-6(11)8(10-9)7(4-5)13-2/h3-4,10-11H,1-2H3. The highest BCUT2D eigenvalue weighted by Gasteiger charge is 2.10. The van der Waals surface area contributed by atoms with Crippen molar-refractivity contribution in [3.63, 3.8) is 0 Å². The molecular formula is C8H10ClNO3. The van der Waals surface area contributed by atoms with Crippen LogP contribution in [0.2, 0.25) is 0 Å². The molecule has 0 saturated carbocycles. The molecular weight excluding hydrogens is 194 g/mol. The Hall–Kier alpha value is -1.29. The molecule has 1 aromatic rings. The summed E-state index contributed by atoms with van der Waals surface area (Å²) in [7, 11) is 2.98. The van der Waals surface area contributed by atoms with Crippen molar-refractivity contribution in [2.75, 3.05) is 19.1 Å². The summed E-state index contributed by atoms with van der Waals surface area (Å²) in [6, 6.07) is 3.05. The van der Waals surface area contributed by atoms with Crippen LogP contribution in [0.5, 0.6) is 17.2 Å². The van der Waals surface area contributed by atoms with Gasteiger partial charge in [-0.15, -0.1) is 0 Å². The lowest BCUT2D eigenvalue weighted by Crippen LogP contribution is -1.92. The van der Waals surface area contributed by atoms with Gasteiger partial charge in [0.25, 0.3) is 0 Å². The number of nitrogens with one attached hydrogen (secondary N) is 1. The van der Waals surface area contributed by atoms with Crippen LogP contribution in [0.3, 0.4) is 0 Å². The van der Waals surface area contributed by atoms with Crippen molar-refractivity contribution in [2.24, 2.45) is 0 Å². The molecule has 0 saturated heterocycles. The molecule has 5 heteroatoms. The van der Waals surface area contributed by atoms with Crippen LogP contribution in [0.25, 0.3) is 0 Å². The summed E-state index contributed by atoms with van der Waals surface area (Å²) in [5, 5.41) is 9.43. The van der Waals surface area contributed by atoms with Crippen LogP contribution in [-0.4, -0.2) is 19.3 Å². The number of benzene rings is 1. The Labute approximate surface area is 81.1 Å². The van der Waals surface area contributed by atoms with E-state index in [2.05, 4.69) is 4.84 Å². The summed E-state index contributed by atoms with van der Waals surface area (Å²) in [5.41, 5.74) is 0.324. The van der Waals surface area contributed by atoms with Gasteiger partial charge in [0.05, 0.1) is 14.2 Å². The van der Waals surface area contributed by atoms with E-state index in [1.165, 1.54) is 20.3 Å². The molecule has 0 unspecified atom stereocenters. The van der Waals surface area contributed by atoms with Crippen molar-refractivity contribution in [3.05, 3.63) is 12.1 Å². The molecule has 0 aliphatic rings. The van der Waals surface area contributed by atoms with Crippen molar-refractivity contribution in [3.8, 4) is 17.2 Å². The van der Waals surface area contributed by atoms with E-state index in [1.807, 2.05) is 0 Å². The number of phenolic OH excluding ortho intramolecular Hbond substituents is 1. The zero-order valence-electron chi connectivity index (χ0n) is 7.30. The second-order valence-corrected chi connectivity index (χ2v) is 2.51. The van der Waals surface area contributed by atoms with Crippen LogP contribution in [0.15, 0.2) is 12.1 Å². The Morgan fingerprint density at radius 1 is 1.31 bits per heavy atom. The summed E-state index contributed by atoms with van der Waals surface area (Å²) >= 11 is 5.38. The van der Waals surface area contributed by atoms with Gasteiger partial charge in [0.2, 0.25) is 0 Å². The van der Waals surface area contributed by atoms with Gasteiger partial charge in [-0.2, -0.15) is 0 Å². The fourth-order valence-corrected chi connectivity index (χ4v) is 1.14. The van der Waals surface area contributed by atoms with Crippen LogP contribution < -0.4 is 14.3 Å². The van der Waals surface area contributed by atoms with Gasteiger partial charge in [0, 0.05) is 23.9 Å². The first-order chi connectivity index (χ1) is 6.22. The largest absolute Gasteiger partial charge is 0.505 e. The monoisotopic (exact) mass is 203 g/mol. The lowest BCUT2D eigenvalue weighted by atomic mass is 10.2. The van der Waals surface area contributed by atoms with E-state index < -0.39 is 0 Å². The third-order valence-corrected chi connectivity index (χ3v) is 1.79. The van der Waals surface area contributed by atoms with Gasteiger partial charge in [-0.1, -0.05) is 0 Å². The molecule has 4 nitrogen and oxygen atoms in total. The minimum absolute atomic E-state index is 0.0220. The number of ether oxygens (including phenoxy) is 2. The molecule has 1 aromatic carbocycles. The predicted octanol–water partition coefficient (Wildman–Crippen LogP) is 1.98. The summed E-state index contributed by atoms with van der Waals surface area (Å²) in [6.45, 7) is 0. The Balaban J connectivity index is 3.20. The van der Waals surface area contributed by atoms with E-state index in [1.54, 1.807) is 6.07 Å². The van der Waals surface area contributed by atoms with Crippen LogP contribution in [-0.2, 0) is 0 Å². The Morgan fingerprint density at radius 3 is 2.46 bits per heavy atom. The Kier molecular flexibility index (Phi) is 3.08. The SMILES string of the molecule is COc1cc(O)c(NCl)c(OC)c1. The highest BCUT2D eigenvalue weighted by atomic mass is 35.5. The third kappa shape index (κ3) is 1.89. The topological polar surface area (TPSA) is 50.7 Å². The highest BCUT2D eigenvalue weighted by Crippen LogP contribution is 2.38. The maximum absolute atomic E-state index is 9.43. The predicted molar refractivity (Wildman–Crippen MR) is 50.7 cm³/mol. The van der Waals surface area contributed by atoms with Crippen LogP contribution in [0.1, 0.15) is 0 Å². The first-order valence-electron chi connectivity index (χ1n) is 3.54. The van der Waals surface area contributed by atoms with E-state index in [0.29, 0.717) is 17.2 Å². The zero-order chi connectivity index (χ0) is 9.84. The maximum atomic E-state index is 9.43. The van der Waals surface area contributed by atoms with Gasteiger partial charge in [-0.3, -0.25) is 4.84 Å². The van der Waals surface area contributed by atoms with E-state index in [4.69, 9.17) is 21.3 Å². The molecule has 1 rings (SSSR count). The lowest BCUT2D eigenvalue weighted by molar-refractivity contribution is 0.387. The molecule has 0 bridgehead atoms. The smallest absolute Gasteiger partial charge is 0.150 e. The number of halogens is 1. The molecule has 13 heavy (non-hydrogen) atoms.